The Hall–Kier alpha value is -1.62. The molecule has 0 aliphatic rings. The van der Waals surface area contributed by atoms with Crippen molar-refractivity contribution in [2.45, 2.75) is 26.3 Å². The lowest BCUT2D eigenvalue weighted by Crippen LogP contribution is -2.33. The molecule has 6 heteroatoms. The van der Waals surface area contributed by atoms with Crippen LogP contribution < -0.4 is 5.73 Å². The second-order valence-electron chi connectivity index (χ2n) is 5.17. The summed E-state index contributed by atoms with van der Waals surface area (Å²) in [5, 5.41) is 0. The van der Waals surface area contributed by atoms with E-state index in [2.05, 4.69) is 15.8 Å². The molecule has 1 unspecified atom stereocenters. The standard InChI is InChI=1S/C17H20N2O2.2ClH/c1-11-10-19-12(2)8-15(11)14-6-4-13(5-7-14)9-16(18)17(20)21-3;;/h4-8,10,16H,9,18H2,1-3H3;2*1H. The molecule has 2 aromatic rings. The maximum atomic E-state index is 11.3. The molecule has 0 fully saturated rings. The summed E-state index contributed by atoms with van der Waals surface area (Å²) in [4.78, 5) is 15.6. The number of ether oxygens (including phenoxy) is 1. The van der Waals surface area contributed by atoms with Crippen LogP contribution in [0.2, 0.25) is 0 Å². The zero-order valence-corrected chi connectivity index (χ0v) is 15.0. The summed E-state index contributed by atoms with van der Waals surface area (Å²) < 4.78 is 4.64. The van der Waals surface area contributed by atoms with E-state index < -0.39 is 6.04 Å². The van der Waals surface area contributed by atoms with Gasteiger partial charge in [-0.05, 0) is 48.6 Å². The van der Waals surface area contributed by atoms with Gasteiger partial charge in [0, 0.05) is 11.9 Å². The number of esters is 1. The molecule has 0 bridgehead atoms. The molecule has 0 spiro atoms. The first-order valence-electron chi connectivity index (χ1n) is 6.87. The van der Waals surface area contributed by atoms with Crippen molar-refractivity contribution in [2.75, 3.05) is 7.11 Å². The molecule has 0 aliphatic carbocycles. The Balaban J connectivity index is 0.00000242. The first-order chi connectivity index (χ1) is 10.0. The average molecular weight is 357 g/mol. The minimum absolute atomic E-state index is 0. The first-order valence-corrected chi connectivity index (χ1v) is 6.87. The van der Waals surface area contributed by atoms with Crippen LogP contribution in [0.15, 0.2) is 36.5 Å². The highest BCUT2D eigenvalue weighted by Gasteiger charge is 2.14. The molecule has 1 aromatic carbocycles. The van der Waals surface area contributed by atoms with E-state index >= 15 is 0 Å². The van der Waals surface area contributed by atoms with Crippen molar-refractivity contribution in [1.29, 1.82) is 0 Å². The summed E-state index contributed by atoms with van der Waals surface area (Å²) in [5.41, 5.74) is 11.2. The molecule has 4 nitrogen and oxygen atoms in total. The van der Waals surface area contributed by atoms with Gasteiger partial charge in [-0.2, -0.15) is 0 Å². The lowest BCUT2D eigenvalue weighted by atomic mass is 9.98. The highest BCUT2D eigenvalue weighted by atomic mass is 35.5. The predicted octanol–water partition coefficient (Wildman–Crippen LogP) is 3.25. The van der Waals surface area contributed by atoms with Gasteiger partial charge in [-0.25, -0.2) is 0 Å². The minimum Gasteiger partial charge on any atom is -0.468 e. The van der Waals surface area contributed by atoms with Crippen molar-refractivity contribution >= 4 is 30.8 Å². The molecule has 0 saturated heterocycles. The minimum atomic E-state index is -0.620. The Morgan fingerprint density at radius 2 is 1.83 bits per heavy atom. The van der Waals surface area contributed by atoms with E-state index in [9.17, 15) is 4.79 Å². The summed E-state index contributed by atoms with van der Waals surface area (Å²) in [7, 11) is 1.35. The summed E-state index contributed by atoms with van der Waals surface area (Å²) >= 11 is 0. The third kappa shape index (κ3) is 5.50. The normalized spacial score (nSPS) is 11.0. The van der Waals surface area contributed by atoms with Gasteiger partial charge in [-0.3, -0.25) is 9.78 Å². The van der Waals surface area contributed by atoms with E-state index in [1.54, 1.807) is 0 Å². The third-order valence-electron chi connectivity index (χ3n) is 3.46. The van der Waals surface area contributed by atoms with Gasteiger partial charge in [0.15, 0.2) is 0 Å². The molecule has 2 rings (SSSR count). The van der Waals surface area contributed by atoms with Crippen molar-refractivity contribution in [1.82, 2.24) is 4.98 Å². The number of nitrogens with two attached hydrogens (primary N) is 1. The number of aryl methyl sites for hydroxylation is 2. The number of pyridine rings is 1. The van der Waals surface area contributed by atoms with Crippen molar-refractivity contribution in [2.24, 2.45) is 5.73 Å². The van der Waals surface area contributed by atoms with E-state index in [4.69, 9.17) is 5.73 Å². The summed E-state index contributed by atoms with van der Waals surface area (Å²) in [6.45, 7) is 4.02. The fraction of sp³-hybridized carbons (Fsp3) is 0.294. The van der Waals surface area contributed by atoms with E-state index in [1.807, 2.05) is 44.3 Å². The number of carbonyl (C=O) groups excluding carboxylic acids is 1. The van der Waals surface area contributed by atoms with Gasteiger partial charge in [-0.15, -0.1) is 24.8 Å². The topological polar surface area (TPSA) is 65.2 Å². The molecule has 0 aliphatic heterocycles. The SMILES string of the molecule is COC(=O)C(N)Cc1ccc(-c2cc(C)ncc2C)cc1.Cl.Cl. The Kier molecular flexibility index (Phi) is 8.83. The number of rotatable bonds is 4. The molecule has 23 heavy (non-hydrogen) atoms. The summed E-state index contributed by atoms with van der Waals surface area (Å²) in [5.74, 6) is -0.389. The van der Waals surface area contributed by atoms with E-state index in [0.717, 1.165) is 22.4 Å². The Labute approximate surface area is 149 Å². The molecule has 0 saturated carbocycles. The first kappa shape index (κ1) is 21.4. The third-order valence-corrected chi connectivity index (χ3v) is 3.46. The van der Waals surface area contributed by atoms with Crippen molar-refractivity contribution < 1.29 is 9.53 Å². The lowest BCUT2D eigenvalue weighted by Gasteiger charge is -2.11. The van der Waals surface area contributed by atoms with Crippen LogP contribution in [0.4, 0.5) is 0 Å². The van der Waals surface area contributed by atoms with Crippen molar-refractivity contribution in [3.05, 3.63) is 53.3 Å². The smallest absolute Gasteiger partial charge is 0.322 e. The Bertz CT molecular complexity index is 646. The fourth-order valence-electron chi connectivity index (χ4n) is 2.25. The van der Waals surface area contributed by atoms with Gasteiger partial charge >= 0.3 is 5.97 Å². The fourth-order valence-corrected chi connectivity index (χ4v) is 2.25. The van der Waals surface area contributed by atoms with Crippen LogP contribution >= 0.6 is 24.8 Å². The number of nitrogens with zero attached hydrogens (tertiary/aromatic N) is 1. The highest BCUT2D eigenvalue weighted by molar-refractivity contribution is 5.85. The number of halogens is 2. The zero-order valence-electron chi connectivity index (χ0n) is 13.4. The molecule has 1 aromatic heterocycles. The number of benzene rings is 1. The number of methoxy groups -OCH3 is 1. The van der Waals surface area contributed by atoms with Crippen LogP contribution in [0.5, 0.6) is 0 Å². The molecule has 1 heterocycles. The largest absolute Gasteiger partial charge is 0.468 e. The van der Waals surface area contributed by atoms with Crippen LogP contribution in [0.3, 0.4) is 0 Å². The predicted molar refractivity (Wildman–Crippen MR) is 97.3 cm³/mol. The van der Waals surface area contributed by atoms with E-state index in [-0.39, 0.29) is 30.8 Å². The molecule has 1 atom stereocenters. The average Bonchev–Trinajstić information content (AvgIpc) is 2.49. The molecular weight excluding hydrogens is 335 g/mol. The highest BCUT2D eigenvalue weighted by Crippen LogP contribution is 2.24. The summed E-state index contributed by atoms with van der Waals surface area (Å²) in [6.07, 6.45) is 2.35. The van der Waals surface area contributed by atoms with Crippen LogP contribution in [0.25, 0.3) is 11.1 Å². The van der Waals surface area contributed by atoms with Gasteiger partial charge in [0.1, 0.15) is 6.04 Å². The van der Waals surface area contributed by atoms with Gasteiger partial charge < -0.3 is 10.5 Å². The van der Waals surface area contributed by atoms with Crippen molar-refractivity contribution in [3.8, 4) is 11.1 Å². The van der Waals surface area contributed by atoms with Gasteiger partial charge in [0.05, 0.1) is 7.11 Å². The van der Waals surface area contributed by atoms with Crippen LogP contribution in [-0.2, 0) is 16.0 Å². The summed E-state index contributed by atoms with van der Waals surface area (Å²) in [6, 6.07) is 9.53. The Morgan fingerprint density at radius 1 is 1.22 bits per heavy atom. The monoisotopic (exact) mass is 356 g/mol. The molecule has 2 N–H and O–H groups in total. The van der Waals surface area contributed by atoms with Crippen molar-refractivity contribution in [3.63, 3.8) is 0 Å². The molecular formula is C17H22Cl2N2O2. The van der Waals surface area contributed by atoms with Crippen LogP contribution in [0.1, 0.15) is 16.8 Å². The number of aromatic nitrogens is 1. The van der Waals surface area contributed by atoms with E-state index in [1.165, 1.54) is 12.7 Å². The molecule has 0 radical (unpaired) electrons. The second-order valence-corrected chi connectivity index (χ2v) is 5.17. The van der Waals surface area contributed by atoms with Crippen LogP contribution in [0, 0.1) is 13.8 Å². The van der Waals surface area contributed by atoms with Gasteiger partial charge in [0.2, 0.25) is 0 Å². The maximum Gasteiger partial charge on any atom is 0.322 e. The molecule has 126 valence electrons. The lowest BCUT2D eigenvalue weighted by molar-refractivity contribution is -0.142. The Morgan fingerprint density at radius 3 is 2.39 bits per heavy atom. The van der Waals surface area contributed by atoms with Crippen LogP contribution in [-0.4, -0.2) is 24.1 Å². The quantitative estimate of drug-likeness (QED) is 0.853. The van der Waals surface area contributed by atoms with E-state index in [0.29, 0.717) is 6.42 Å². The number of carbonyl (C=O) groups is 1. The maximum absolute atomic E-state index is 11.3. The molecule has 0 amide bonds. The van der Waals surface area contributed by atoms with Gasteiger partial charge in [0.25, 0.3) is 0 Å². The number of hydrogen-bond donors (Lipinski definition) is 1. The number of hydrogen-bond acceptors (Lipinski definition) is 4. The second kappa shape index (κ2) is 9.50. The van der Waals surface area contributed by atoms with Gasteiger partial charge in [-0.1, -0.05) is 24.3 Å². The zero-order chi connectivity index (χ0) is 15.4.